The Morgan fingerprint density at radius 3 is 2.57 bits per heavy atom. The van der Waals surface area contributed by atoms with E-state index in [9.17, 15) is 4.79 Å². The average Bonchev–Trinajstić information content (AvgIpc) is 2.50. The van der Waals surface area contributed by atoms with Gasteiger partial charge in [0.1, 0.15) is 0 Å². The maximum atomic E-state index is 10.2. The fraction of sp³-hybridized carbons (Fsp3) is 0.625. The van der Waals surface area contributed by atoms with Crippen molar-refractivity contribution in [1.29, 1.82) is 0 Å². The highest BCUT2D eigenvalue weighted by atomic mass is 16.7. The molecule has 6 nitrogen and oxygen atoms in total. The number of rotatable bonds is 3. The number of carboxylic acid groups (broad SMARTS) is 1. The van der Waals surface area contributed by atoms with Crippen LogP contribution in [0.1, 0.15) is 44.5 Å². The van der Waals surface area contributed by atoms with Gasteiger partial charge in [0.2, 0.25) is 0 Å². The monoisotopic (exact) mass is 200 g/mol. The Hall–Kier alpha value is -1.59. The van der Waals surface area contributed by atoms with Gasteiger partial charge in [0.15, 0.2) is 11.9 Å². The Kier molecular flexibility index (Phi) is 3.06. The fourth-order valence-electron chi connectivity index (χ4n) is 0.849. The molecular weight excluding hydrogens is 188 g/mol. The topological polar surface area (TPSA) is 85.5 Å². The Bertz CT molecular complexity index is 321. The van der Waals surface area contributed by atoms with Crippen molar-refractivity contribution in [2.45, 2.75) is 32.8 Å². The minimum Gasteiger partial charge on any atom is -0.450 e. The molecule has 1 N–H and O–H groups in total. The second-order valence-corrected chi connectivity index (χ2v) is 3.17. The molecule has 6 heteroatoms. The molecule has 1 rings (SSSR count). The predicted molar refractivity (Wildman–Crippen MR) is 45.9 cm³/mol. The number of hydrogen-bond acceptors (Lipinski definition) is 5. The summed E-state index contributed by atoms with van der Waals surface area (Å²) in [6.45, 7) is 5.36. The lowest BCUT2D eigenvalue weighted by Crippen LogP contribution is -2.06. The second-order valence-electron chi connectivity index (χ2n) is 3.17. The number of carbonyl (C=O) groups is 1. The van der Waals surface area contributed by atoms with E-state index in [-0.39, 0.29) is 11.8 Å². The quantitative estimate of drug-likeness (QED) is 0.750. The second kappa shape index (κ2) is 4.08. The molecule has 0 spiro atoms. The molecule has 0 aliphatic carbocycles. The van der Waals surface area contributed by atoms with Gasteiger partial charge in [-0.05, 0) is 6.92 Å². The van der Waals surface area contributed by atoms with Crippen molar-refractivity contribution in [2.75, 3.05) is 0 Å². The summed E-state index contributed by atoms with van der Waals surface area (Å²) >= 11 is 0. The maximum Gasteiger partial charge on any atom is 0.506 e. The molecule has 1 aromatic rings. The third kappa shape index (κ3) is 2.45. The zero-order chi connectivity index (χ0) is 10.7. The molecule has 0 radical (unpaired) electrons. The lowest BCUT2D eigenvalue weighted by Gasteiger charge is -2.03. The number of aromatic nitrogens is 2. The highest BCUT2D eigenvalue weighted by Crippen LogP contribution is 2.17. The van der Waals surface area contributed by atoms with Crippen molar-refractivity contribution in [2.24, 2.45) is 0 Å². The van der Waals surface area contributed by atoms with Gasteiger partial charge in [-0.1, -0.05) is 19.0 Å². The van der Waals surface area contributed by atoms with Crippen molar-refractivity contribution in [3.63, 3.8) is 0 Å². The summed E-state index contributed by atoms with van der Waals surface area (Å²) in [4.78, 5) is 14.2. The van der Waals surface area contributed by atoms with Crippen LogP contribution in [0.25, 0.3) is 0 Å². The molecule has 0 fully saturated rings. The molecule has 14 heavy (non-hydrogen) atoms. The van der Waals surface area contributed by atoms with E-state index in [0.717, 1.165) is 0 Å². The Balaban J connectivity index is 2.71. The van der Waals surface area contributed by atoms with E-state index in [1.807, 2.05) is 13.8 Å². The molecule has 1 heterocycles. The van der Waals surface area contributed by atoms with Crippen molar-refractivity contribution in [1.82, 2.24) is 10.1 Å². The summed E-state index contributed by atoms with van der Waals surface area (Å²) in [6, 6.07) is 0. The van der Waals surface area contributed by atoms with E-state index in [1.165, 1.54) is 6.92 Å². The van der Waals surface area contributed by atoms with Gasteiger partial charge in [-0.15, -0.1) is 0 Å². The minimum atomic E-state index is -1.36. The summed E-state index contributed by atoms with van der Waals surface area (Å²) in [5.74, 6) is 0.862. The molecular formula is C8H12N2O4. The van der Waals surface area contributed by atoms with Crippen LogP contribution in [0.5, 0.6) is 0 Å². The highest BCUT2D eigenvalue weighted by Gasteiger charge is 2.18. The molecule has 0 aliphatic rings. The van der Waals surface area contributed by atoms with Crippen molar-refractivity contribution in [3.8, 4) is 0 Å². The first-order valence-electron chi connectivity index (χ1n) is 4.23. The molecule has 0 bridgehead atoms. The van der Waals surface area contributed by atoms with Gasteiger partial charge in [0.05, 0.1) is 0 Å². The summed E-state index contributed by atoms with van der Waals surface area (Å²) in [5, 5.41) is 12.0. The third-order valence-electron chi connectivity index (χ3n) is 1.60. The molecule has 1 unspecified atom stereocenters. The van der Waals surface area contributed by atoms with Crippen LogP contribution in [0.3, 0.4) is 0 Å². The van der Waals surface area contributed by atoms with Crippen LogP contribution in [0.2, 0.25) is 0 Å². The van der Waals surface area contributed by atoms with Crippen LogP contribution in [-0.2, 0) is 4.74 Å². The Labute approximate surface area is 80.9 Å². The zero-order valence-corrected chi connectivity index (χ0v) is 8.22. The van der Waals surface area contributed by atoms with E-state index < -0.39 is 12.3 Å². The smallest absolute Gasteiger partial charge is 0.450 e. The molecule has 0 aliphatic heterocycles. The van der Waals surface area contributed by atoms with Crippen molar-refractivity contribution >= 4 is 6.16 Å². The number of hydrogen-bond donors (Lipinski definition) is 1. The summed E-state index contributed by atoms with van der Waals surface area (Å²) in [7, 11) is 0. The van der Waals surface area contributed by atoms with Crippen LogP contribution in [0.15, 0.2) is 4.52 Å². The fourth-order valence-corrected chi connectivity index (χ4v) is 0.849. The molecule has 0 saturated heterocycles. The van der Waals surface area contributed by atoms with Crippen LogP contribution in [-0.4, -0.2) is 21.4 Å². The van der Waals surface area contributed by atoms with Gasteiger partial charge in [-0.2, -0.15) is 4.98 Å². The van der Waals surface area contributed by atoms with Gasteiger partial charge in [-0.3, -0.25) is 0 Å². The van der Waals surface area contributed by atoms with E-state index in [0.29, 0.717) is 5.82 Å². The largest absolute Gasteiger partial charge is 0.506 e. The summed E-state index contributed by atoms with van der Waals surface area (Å²) in [6.07, 6.45) is -2.09. The van der Waals surface area contributed by atoms with Crippen LogP contribution in [0.4, 0.5) is 4.79 Å². The molecule has 78 valence electrons. The van der Waals surface area contributed by atoms with Gasteiger partial charge >= 0.3 is 6.16 Å². The van der Waals surface area contributed by atoms with E-state index in [4.69, 9.17) is 9.63 Å². The minimum absolute atomic E-state index is 0.143. The zero-order valence-electron chi connectivity index (χ0n) is 8.22. The molecule has 1 aromatic heterocycles. The molecule has 0 amide bonds. The van der Waals surface area contributed by atoms with Crippen molar-refractivity contribution < 1.29 is 19.2 Å². The van der Waals surface area contributed by atoms with Crippen LogP contribution >= 0.6 is 0 Å². The van der Waals surface area contributed by atoms with Crippen molar-refractivity contribution in [3.05, 3.63) is 11.7 Å². The summed E-state index contributed by atoms with van der Waals surface area (Å²) < 4.78 is 9.29. The molecule has 0 aromatic carbocycles. The Morgan fingerprint density at radius 2 is 2.14 bits per heavy atom. The molecule has 1 atom stereocenters. The maximum absolute atomic E-state index is 10.2. The average molecular weight is 200 g/mol. The highest BCUT2D eigenvalue weighted by molar-refractivity contribution is 5.57. The third-order valence-corrected chi connectivity index (χ3v) is 1.60. The first-order valence-corrected chi connectivity index (χ1v) is 4.23. The lowest BCUT2D eigenvalue weighted by atomic mass is 10.2. The first kappa shape index (κ1) is 10.5. The Morgan fingerprint density at radius 1 is 1.50 bits per heavy atom. The standard InChI is InChI=1S/C8H12N2O4/c1-4(2)6-9-7(14-10-6)5(3)13-8(11)12/h4-5H,1-3H3,(H,11,12). The van der Waals surface area contributed by atoms with Crippen LogP contribution < -0.4 is 0 Å². The van der Waals surface area contributed by atoms with Gasteiger partial charge in [-0.25, -0.2) is 4.79 Å². The van der Waals surface area contributed by atoms with E-state index in [1.54, 1.807) is 0 Å². The van der Waals surface area contributed by atoms with Gasteiger partial charge in [0, 0.05) is 5.92 Å². The van der Waals surface area contributed by atoms with Gasteiger partial charge in [0.25, 0.3) is 5.89 Å². The molecule has 0 saturated carbocycles. The predicted octanol–water partition coefficient (Wildman–Crippen LogP) is 1.95. The number of ether oxygens (including phenoxy) is 1. The van der Waals surface area contributed by atoms with E-state index >= 15 is 0 Å². The van der Waals surface area contributed by atoms with E-state index in [2.05, 4.69) is 14.9 Å². The summed E-state index contributed by atoms with van der Waals surface area (Å²) in [5.41, 5.74) is 0. The SMILES string of the molecule is CC(C)c1noc(C(C)OC(=O)O)n1. The number of nitrogens with zero attached hydrogens (tertiary/aromatic N) is 2. The van der Waals surface area contributed by atoms with Gasteiger partial charge < -0.3 is 14.4 Å². The first-order chi connectivity index (χ1) is 6.50. The van der Waals surface area contributed by atoms with Crippen LogP contribution in [0, 0.1) is 0 Å². The lowest BCUT2D eigenvalue weighted by molar-refractivity contribution is 0.0451. The normalized spacial score (nSPS) is 12.9.